The van der Waals surface area contributed by atoms with E-state index in [2.05, 4.69) is 27.7 Å². The van der Waals surface area contributed by atoms with Crippen molar-refractivity contribution in [2.45, 2.75) is 111 Å². The number of rotatable bonds is 6. The Morgan fingerprint density at radius 3 is 2.38 bits per heavy atom. The van der Waals surface area contributed by atoms with Crippen LogP contribution < -0.4 is 0 Å². The van der Waals surface area contributed by atoms with Crippen LogP contribution in [0.4, 0.5) is 0 Å². The number of carbonyl (C=O) groups excluding carboxylic acids is 1. The molecule has 4 fully saturated rings. The lowest BCUT2D eigenvalue weighted by molar-refractivity contribution is -0.203. The van der Waals surface area contributed by atoms with Crippen molar-refractivity contribution in [3.05, 3.63) is 0 Å². The van der Waals surface area contributed by atoms with Gasteiger partial charge in [-0.05, 0) is 111 Å². The molecule has 0 bridgehead atoms. The molecule has 2 N–H and O–H groups in total. The highest BCUT2D eigenvalue weighted by atomic mass is 16.5. The van der Waals surface area contributed by atoms with Gasteiger partial charge in [0.25, 0.3) is 0 Å². The lowest BCUT2D eigenvalue weighted by atomic mass is 9.41. The summed E-state index contributed by atoms with van der Waals surface area (Å²) in [5.41, 5.74) is 0.532. The maximum absolute atomic E-state index is 11.9. The van der Waals surface area contributed by atoms with Crippen LogP contribution in [0.1, 0.15) is 98.8 Å². The Bertz CT molecular complexity index is 678. The summed E-state index contributed by atoms with van der Waals surface area (Å²) in [5, 5.41) is 22.2. The number of esters is 1. The Hall–Kier alpha value is -0.610. The van der Waals surface area contributed by atoms with Crippen LogP contribution in [-0.4, -0.2) is 35.0 Å². The fourth-order valence-electron chi connectivity index (χ4n) is 9.71. The molecule has 32 heavy (non-hydrogen) atoms. The Morgan fingerprint density at radius 2 is 1.69 bits per heavy atom. The van der Waals surface area contributed by atoms with Crippen LogP contribution in [0.2, 0.25) is 0 Å². The van der Waals surface area contributed by atoms with Crippen LogP contribution >= 0.6 is 0 Å². The van der Waals surface area contributed by atoms with Crippen molar-refractivity contribution in [3.63, 3.8) is 0 Å². The minimum absolute atomic E-state index is 0.0605. The highest BCUT2D eigenvalue weighted by Crippen LogP contribution is 2.69. The molecule has 0 saturated heterocycles. The summed E-state index contributed by atoms with van der Waals surface area (Å²) >= 11 is 0. The quantitative estimate of drug-likeness (QED) is 0.520. The molecule has 4 aliphatic rings. The highest BCUT2D eigenvalue weighted by molar-refractivity contribution is 5.69. The monoisotopic (exact) mass is 448 g/mol. The maximum Gasteiger partial charge on any atom is 0.305 e. The van der Waals surface area contributed by atoms with Crippen molar-refractivity contribution in [1.29, 1.82) is 0 Å². The minimum Gasteiger partial charge on any atom is -0.466 e. The molecule has 0 heterocycles. The van der Waals surface area contributed by atoms with Gasteiger partial charge < -0.3 is 14.9 Å². The van der Waals surface area contributed by atoms with E-state index in [1.54, 1.807) is 0 Å². The molecule has 0 aromatic rings. The summed E-state index contributed by atoms with van der Waals surface area (Å²) < 4.78 is 5.17. The van der Waals surface area contributed by atoms with Crippen LogP contribution in [0.5, 0.6) is 0 Å². The van der Waals surface area contributed by atoms with Crippen LogP contribution in [0, 0.1) is 52.3 Å². The normalized spacial score (nSPS) is 49.0. The zero-order chi connectivity index (χ0) is 23.3. The van der Waals surface area contributed by atoms with E-state index in [1.807, 2.05) is 6.92 Å². The second-order valence-electron chi connectivity index (χ2n) is 12.4. The Morgan fingerprint density at radius 1 is 1.00 bits per heavy atom. The molecule has 4 saturated carbocycles. The first-order chi connectivity index (χ1) is 15.2. The van der Waals surface area contributed by atoms with Crippen molar-refractivity contribution >= 4 is 5.97 Å². The number of fused-ring (bicyclic) bond motifs is 5. The van der Waals surface area contributed by atoms with Crippen molar-refractivity contribution in [3.8, 4) is 0 Å². The Labute approximate surface area is 195 Å². The smallest absolute Gasteiger partial charge is 0.305 e. The van der Waals surface area contributed by atoms with Crippen LogP contribution in [0.3, 0.4) is 0 Å². The second-order valence-corrected chi connectivity index (χ2v) is 12.4. The van der Waals surface area contributed by atoms with E-state index in [1.165, 1.54) is 25.7 Å². The molecule has 0 spiro atoms. The molecular formula is C28H48O4. The van der Waals surface area contributed by atoms with E-state index in [-0.39, 0.29) is 29.0 Å². The van der Waals surface area contributed by atoms with E-state index < -0.39 is 0 Å². The first-order valence-electron chi connectivity index (χ1n) is 13.7. The van der Waals surface area contributed by atoms with Gasteiger partial charge in [-0.3, -0.25) is 4.79 Å². The third kappa shape index (κ3) is 3.85. The molecular weight excluding hydrogens is 400 g/mol. The van der Waals surface area contributed by atoms with Gasteiger partial charge in [0.05, 0.1) is 18.8 Å². The van der Waals surface area contributed by atoms with Gasteiger partial charge >= 0.3 is 5.97 Å². The maximum atomic E-state index is 11.9. The standard InChI is InChI=1S/C28H48O4/c1-6-19-23-16-18(29)12-14-28(23,5)22-13-15-27(4)20(9-10-21(27)25(22)26(19)31)17(3)8-11-24(30)32-7-2/h17-23,25-26,29,31H,6-16H2,1-5H3/t17-,18-,19-,20-,21+,22+,23+,25+,26-,27-,28-/m1/s1. The summed E-state index contributed by atoms with van der Waals surface area (Å²) in [7, 11) is 0. The molecule has 0 aromatic carbocycles. The molecule has 0 aromatic heterocycles. The number of hydrogen-bond acceptors (Lipinski definition) is 4. The predicted molar refractivity (Wildman–Crippen MR) is 127 cm³/mol. The van der Waals surface area contributed by atoms with Gasteiger partial charge in [0, 0.05) is 6.42 Å². The summed E-state index contributed by atoms with van der Waals surface area (Å²) in [4.78, 5) is 11.9. The fourth-order valence-corrected chi connectivity index (χ4v) is 9.71. The SMILES string of the molecule is CCOC(=O)CC[C@@H](C)[C@H]1CC[C@H]2[C@@H]3[C@H](O)[C@H](CC)[C@@H]4C[C@H](O)CC[C@]4(C)[C@H]3CC[C@]12C. The topological polar surface area (TPSA) is 66.8 Å². The number of carbonyl (C=O) groups is 1. The third-order valence-electron chi connectivity index (χ3n) is 11.3. The van der Waals surface area contributed by atoms with E-state index in [0.717, 1.165) is 32.1 Å². The van der Waals surface area contributed by atoms with Crippen LogP contribution in [0.25, 0.3) is 0 Å². The van der Waals surface area contributed by atoms with Crippen molar-refractivity contribution in [1.82, 2.24) is 0 Å². The molecule has 4 nitrogen and oxygen atoms in total. The molecule has 4 heteroatoms. The Kier molecular flexibility index (Phi) is 7.05. The van der Waals surface area contributed by atoms with Gasteiger partial charge in [0.15, 0.2) is 0 Å². The molecule has 0 amide bonds. The van der Waals surface area contributed by atoms with Gasteiger partial charge in [-0.1, -0.05) is 34.1 Å². The third-order valence-corrected chi connectivity index (χ3v) is 11.3. The summed E-state index contributed by atoms with van der Waals surface area (Å²) in [6.07, 6.45) is 9.90. The van der Waals surface area contributed by atoms with Gasteiger partial charge in [0.1, 0.15) is 0 Å². The van der Waals surface area contributed by atoms with E-state index >= 15 is 0 Å². The predicted octanol–water partition coefficient (Wildman–Crippen LogP) is 5.59. The average Bonchev–Trinajstić information content (AvgIpc) is 3.11. The second kappa shape index (κ2) is 9.21. The van der Waals surface area contributed by atoms with Crippen molar-refractivity contribution in [2.24, 2.45) is 52.3 Å². The van der Waals surface area contributed by atoms with Gasteiger partial charge in [-0.2, -0.15) is 0 Å². The molecule has 0 radical (unpaired) electrons. The summed E-state index contributed by atoms with van der Waals surface area (Å²) in [6.45, 7) is 11.9. The number of aliphatic hydroxyl groups is 2. The average molecular weight is 449 g/mol. The molecule has 0 unspecified atom stereocenters. The first-order valence-corrected chi connectivity index (χ1v) is 13.7. The number of aliphatic hydroxyl groups excluding tert-OH is 2. The van der Waals surface area contributed by atoms with Crippen LogP contribution in [-0.2, 0) is 9.53 Å². The number of ether oxygens (including phenoxy) is 1. The zero-order valence-corrected chi connectivity index (χ0v) is 21.2. The van der Waals surface area contributed by atoms with Gasteiger partial charge in [-0.15, -0.1) is 0 Å². The van der Waals surface area contributed by atoms with E-state index in [9.17, 15) is 15.0 Å². The summed E-state index contributed by atoms with van der Waals surface area (Å²) in [5.74, 6) is 3.44. The molecule has 4 aliphatic carbocycles. The highest BCUT2D eigenvalue weighted by Gasteiger charge is 2.64. The molecule has 0 aliphatic heterocycles. The van der Waals surface area contributed by atoms with Gasteiger partial charge in [-0.25, -0.2) is 0 Å². The van der Waals surface area contributed by atoms with Gasteiger partial charge in [0.2, 0.25) is 0 Å². The summed E-state index contributed by atoms with van der Waals surface area (Å²) in [6, 6.07) is 0. The minimum atomic E-state index is -0.230. The van der Waals surface area contributed by atoms with Crippen molar-refractivity contribution < 1.29 is 19.7 Å². The van der Waals surface area contributed by atoms with E-state index in [4.69, 9.17) is 4.74 Å². The zero-order valence-electron chi connectivity index (χ0n) is 21.2. The largest absolute Gasteiger partial charge is 0.466 e. The van der Waals surface area contributed by atoms with E-state index in [0.29, 0.717) is 54.5 Å². The first kappa shape index (κ1) is 24.5. The molecule has 184 valence electrons. The molecule has 11 atom stereocenters. The molecule has 4 rings (SSSR count). The van der Waals surface area contributed by atoms with Crippen LogP contribution in [0.15, 0.2) is 0 Å². The van der Waals surface area contributed by atoms with Crippen molar-refractivity contribution in [2.75, 3.05) is 6.61 Å². The Balaban J connectivity index is 1.55. The lowest BCUT2D eigenvalue weighted by Crippen LogP contribution is -2.62. The fraction of sp³-hybridized carbons (Fsp3) is 0.964. The lowest BCUT2D eigenvalue weighted by Gasteiger charge is -2.64. The number of hydrogen-bond donors (Lipinski definition) is 2.